The number of aromatic hydroxyl groups is 4. The molecule has 0 spiro atoms. The summed E-state index contributed by atoms with van der Waals surface area (Å²) in [4.78, 5) is 26.6. The fourth-order valence-electron chi connectivity index (χ4n) is 6.07. The van der Waals surface area contributed by atoms with Crippen LogP contribution >= 0.6 is 0 Å². The minimum atomic E-state index is -0.473. The Balaban J connectivity index is 1.78. The van der Waals surface area contributed by atoms with Crippen LogP contribution in [0.4, 0.5) is 0 Å². The maximum absolute atomic E-state index is 13.3. The van der Waals surface area contributed by atoms with Crippen molar-refractivity contribution in [2.24, 2.45) is 11.8 Å². The summed E-state index contributed by atoms with van der Waals surface area (Å²) in [5.74, 6) is -2.46. The number of ether oxygens (including phenoxy) is 4. The van der Waals surface area contributed by atoms with E-state index in [9.17, 15) is 30.0 Å². The van der Waals surface area contributed by atoms with Gasteiger partial charge in [0.2, 0.25) is 0 Å². The fraction of sp³-hybridized carbons (Fsp3) is 0.312. The summed E-state index contributed by atoms with van der Waals surface area (Å²) in [6.45, 7) is 7.01. The summed E-state index contributed by atoms with van der Waals surface area (Å²) in [6, 6.07) is 5.20. The molecule has 0 saturated carbocycles. The summed E-state index contributed by atoms with van der Waals surface area (Å²) >= 11 is 0. The van der Waals surface area contributed by atoms with E-state index in [-0.39, 0.29) is 89.9 Å². The number of ketones is 2. The van der Waals surface area contributed by atoms with Crippen molar-refractivity contribution in [1.29, 1.82) is 0 Å². The Morgan fingerprint density at radius 2 is 0.929 bits per heavy atom. The first-order valence-electron chi connectivity index (χ1n) is 13.5. The number of carbonyl (C=O) groups excluding carboxylic acids is 2. The van der Waals surface area contributed by atoms with Crippen LogP contribution in [0, 0.1) is 11.8 Å². The average molecular weight is 575 g/mol. The van der Waals surface area contributed by atoms with E-state index >= 15 is 0 Å². The van der Waals surface area contributed by atoms with E-state index in [1.54, 1.807) is 27.7 Å². The number of rotatable bonds is 3. The fourth-order valence-corrected chi connectivity index (χ4v) is 6.07. The van der Waals surface area contributed by atoms with Gasteiger partial charge in [-0.1, -0.05) is 13.8 Å². The van der Waals surface area contributed by atoms with E-state index in [2.05, 4.69) is 0 Å². The van der Waals surface area contributed by atoms with Crippen molar-refractivity contribution in [3.05, 3.63) is 35.4 Å². The molecular formula is C32H30O10. The normalized spacial score (nSPS) is 21.5. The largest absolute Gasteiger partial charge is 0.507 e. The highest BCUT2D eigenvalue weighted by Crippen LogP contribution is 2.56. The Bertz CT molecular complexity index is 1720. The lowest BCUT2D eigenvalue weighted by Crippen LogP contribution is -2.33. The molecule has 0 aliphatic carbocycles. The Kier molecular flexibility index (Phi) is 6.07. The first-order chi connectivity index (χ1) is 19.9. The molecule has 0 saturated heterocycles. The van der Waals surface area contributed by atoms with Crippen LogP contribution in [0.5, 0.6) is 46.0 Å². The molecule has 2 aliphatic rings. The first kappa shape index (κ1) is 27.3. The number of hydrogen-bond donors (Lipinski definition) is 4. The van der Waals surface area contributed by atoms with Crippen molar-refractivity contribution in [3.8, 4) is 57.1 Å². The molecule has 42 heavy (non-hydrogen) atoms. The molecule has 4 N–H and O–H groups in total. The van der Waals surface area contributed by atoms with Gasteiger partial charge in [0.25, 0.3) is 0 Å². The van der Waals surface area contributed by atoms with Crippen LogP contribution < -0.4 is 18.9 Å². The van der Waals surface area contributed by atoms with Gasteiger partial charge in [-0.25, -0.2) is 0 Å². The highest BCUT2D eigenvalue weighted by molar-refractivity contribution is 6.20. The number of methoxy groups -OCH3 is 2. The molecule has 218 valence electrons. The second-order valence-electron chi connectivity index (χ2n) is 10.9. The zero-order chi connectivity index (χ0) is 30.4. The topological polar surface area (TPSA) is 152 Å². The highest BCUT2D eigenvalue weighted by Gasteiger charge is 2.38. The van der Waals surface area contributed by atoms with Gasteiger partial charge in [-0.3, -0.25) is 9.59 Å². The monoisotopic (exact) mass is 574 g/mol. The lowest BCUT2D eigenvalue weighted by Gasteiger charge is -2.31. The lowest BCUT2D eigenvalue weighted by molar-refractivity contribution is 0.0716. The molecule has 0 amide bonds. The van der Waals surface area contributed by atoms with Crippen LogP contribution in [0.1, 0.15) is 48.4 Å². The van der Waals surface area contributed by atoms with E-state index in [1.807, 2.05) is 0 Å². The molecule has 2 aliphatic heterocycles. The summed E-state index contributed by atoms with van der Waals surface area (Å²) in [5.41, 5.74) is 0.430. The van der Waals surface area contributed by atoms with Crippen LogP contribution in [0.3, 0.4) is 0 Å². The smallest absolute Gasteiger partial charge is 0.176 e. The minimum Gasteiger partial charge on any atom is -0.507 e. The first-order valence-corrected chi connectivity index (χ1v) is 13.5. The molecule has 10 nitrogen and oxygen atoms in total. The third-order valence-corrected chi connectivity index (χ3v) is 8.61. The Labute approximate surface area is 240 Å². The number of carbonyl (C=O) groups is 2. The summed E-state index contributed by atoms with van der Waals surface area (Å²) in [5, 5.41) is 45.3. The van der Waals surface area contributed by atoms with Crippen LogP contribution in [-0.4, -0.2) is 58.4 Å². The molecule has 0 aromatic heterocycles. The number of fused-ring (bicyclic) bond motifs is 4. The summed E-state index contributed by atoms with van der Waals surface area (Å²) in [6.07, 6.45) is -0.918. The third-order valence-electron chi connectivity index (χ3n) is 8.61. The minimum absolute atomic E-state index is 0.0549. The zero-order valence-corrected chi connectivity index (χ0v) is 23.9. The third kappa shape index (κ3) is 3.57. The number of Topliss-reactive ketones (excluding diaryl/α,β-unsaturated/α-hetero) is 2. The van der Waals surface area contributed by atoms with Gasteiger partial charge in [0.05, 0.1) is 36.8 Å². The molecule has 10 heteroatoms. The average Bonchev–Trinajstić information content (AvgIpc) is 2.94. The van der Waals surface area contributed by atoms with E-state index in [0.717, 1.165) is 12.1 Å². The number of phenolic OH excluding ortho intramolecular Hbond substituents is 4. The van der Waals surface area contributed by atoms with Gasteiger partial charge in [0.15, 0.2) is 11.6 Å². The summed E-state index contributed by atoms with van der Waals surface area (Å²) < 4.78 is 23.4. The molecule has 4 atom stereocenters. The second-order valence-corrected chi connectivity index (χ2v) is 10.9. The van der Waals surface area contributed by atoms with Crippen molar-refractivity contribution in [2.45, 2.75) is 39.9 Å². The Morgan fingerprint density at radius 1 is 0.571 bits per heavy atom. The van der Waals surface area contributed by atoms with Gasteiger partial charge in [0.1, 0.15) is 69.3 Å². The van der Waals surface area contributed by atoms with E-state index < -0.39 is 35.5 Å². The standard InChI is InChI=1S/C32H30O10/c1-11-13(3)41-21-7-15-23(17(33)9-19(35)25(15)31(39-5)27(21)29(11)37)24-16-8-22-28(30(38)12(2)14(4)42-22)32(40-6)26(16)20(36)10-18(24)34/h7-14,33-36H,1-6H3/t11-,12-,13-,14-/m1/s1. The van der Waals surface area contributed by atoms with Crippen molar-refractivity contribution < 1.29 is 49.0 Å². The highest BCUT2D eigenvalue weighted by atomic mass is 16.5. The Morgan fingerprint density at radius 3 is 1.26 bits per heavy atom. The Hall–Kier alpha value is -4.86. The molecule has 6 rings (SSSR count). The predicted octanol–water partition coefficient (Wildman–Crippen LogP) is 5.70. The molecule has 0 fully saturated rings. The molecule has 4 aromatic rings. The van der Waals surface area contributed by atoms with E-state index in [4.69, 9.17) is 18.9 Å². The summed E-state index contributed by atoms with van der Waals surface area (Å²) in [7, 11) is 2.72. The van der Waals surface area contributed by atoms with Gasteiger partial charge in [-0.2, -0.15) is 0 Å². The molecular weight excluding hydrogens is 544 g/mol. The van der Waals surface area contributed by atoms with Crippen molar-refractivity contribution >= 4 is 33.1 Å². The van der Waals surface area contributed by atoms with Crippen LogP contribution in [0.15, 0.2) is 24.3 Å². The maximum Gasteiger partial charge on any atom is 0.176 e. The van der Waals surface area contributed by atoms with Gasteiger partial charge in [-0.15, -0.1) is 0 Å². The molecule has 0 unspecified atom stereocenters. The number of benzene rings is 4. The number of phenols is 4. The van der Waals surface area contributed by atoms with E-state index in [0.29, 0.717) is 0 Å². The van der Waals surface area contributed by atoms with Crippen molar-refractivity contribution in [3.63, 3.8) is 0 Å². The lowest BCUT2D eigenvalue weighted by atomic mass is 9.84. The van der Waals surface area contributed by atoms with Crippen LogP contribution in [0.2, 0.25) is 0 Å². The predicted molar refractivity (Wildman–Crippen MR) is 154 cm³/mol. The van der Waals surface area contributed by atoms with Crippen molar-refractivity contribution in [1.82, 2.24) is 0 Å². The van der Waals surface area contributed by atoms with Crippen LogP contribution in [0.25, 0.3) is 32.7 Å². The van der Waals surface area contributed by atoms with E-state index in [1.165, 1.54) is 26.4 Å². The number of hydrogen-bond acceptors (Lipinski definition) is 10. The van der Waals surface area contributed by atoms with Gasteiger partial charge < -0.3 is 39.4 Å². The van der Waals surface area contributed by atoms with Crippen molar-refractivity contribution in [2.75, 3.05) is 14.2 Å². The van der Waals surface area contributed by atoms with Gasteiger partial charge >= 0.3 is 0 Å². The molecule has 2 heterocycles. The SMILES string of the molecule is COc1c2c(cc3c(-c4c(O)cc(O)c5c(OC)c6c(cc45)O[C@H](C)[C@@H](C)C6=O)c(O)cc(O)c13)O[C@H](C)[C@@H](C)C2=O. The molecule has 4 aromatic carbocycles. The second kappa shape index (κ2) is 9.34. The zero-order valence-electron chi connectivity index (χ0n) is 23.9. The van der Waals surface area contributed by atoms with Crippen LogP contribution in [-0.2, 0) is 0 Å². The maximum atomic E-state index is 13.3. The molecule has 0 radical (unpaired) electrons. The molecule has 0 bridgehead atoms. The van der Waals surface area contributed by atoms with Gasteiger partial charge in [-0.05, 0) is 26.0 Å². The quantitative estimate of drug-likeness (QED) is 0.240. The van der Waals surface area contributed by atoms with Gasteiger partial charge in [0, 0.05) is 34.0 Å².